The number of carbonyl (C=O) groups excluding carboxylic acids is 3. The molecule has 6 heteroatoms. The molecule has 0 bridgehead atoms. The Morgan fingerprint density at radius 3 is 2.12 bits per heavy atom. The Bertz CT molecular complexity index is 656. The number of benzene rings is 1. The number of amides is 3. The summed E-state index contributed by atoms with van der Waals surface area (Å²) in [5.41, 5.74) is 0.765. The summed E-state index contributed by atoms with van der Waals surface area (Å²) in [4.78, 5) is 40.4. The van der Waals surface area contributed by atoms with E-state index in [9.17, 15) is 14.4 Å². The van der Waals surface area contributed by atoms with Crippen molar-refractivity contribution < 1.29 is 14.4 Å². The molecule has 3 amide bonds. The zero-order valence-corrected chi connectivity index (χ0v) is 13.5. The number of imide groups is 1. The van der Waals surface area contributed by atoms with Gasteiger partial charge in [-0.05, 0) is 37.8 Å². The van der Waals surface area contributed by atoms with Crippen LogP contribution in [0.1, 0.15) is 46.4 Å². The third-order valence-corrected chi connectivity index (χ3v) is 5.14. The summed E-state index contributed by atoms with van der Waals surface area (Å²) in [7, 11) is 0. The Morgan fingerprint density at radius 2 is 1.58 bits per heavy atom. The zero-order chi connectivity index (χ0) is 16.7. The fourth-order valence-electron chi connectivity index (χ4n) is 3.65. The summed E-state index contributed by atoms with van der Waals surface area (Å²) in [5.74, 6) is -1.02. The van der Waals surface area contributed by atoms with Crippen molar-refractivity contribution >= 4 is 17.7 Å². The number of nitrogens with one attached hydrogen (secondary N) is 1. The molecule has 1 saturated carbocycles. The van der Waals surface area contributed by atoms with E-state index in [1.54, 1.807) is 24.3 Å². The SMILES string of the molecule is O=C(CN1C(=O)c2ccccc2C1=O)NC1CCN(C2CC2)CC1. The molecule has 1 N–H and O–H groups in total. The first-order valence-electron chi connectivity index (χ1n) is 8.62. The summed E-state index contributed by atoms with van der Waals surface area (Å²) in [6.07, 6.45) is 4.47. The fourth-order valence-corrected chi connectivity index (χ4v) is 3.65. The summed E-state index contributed by atoms with van der Waals surface area (Å²) in [6, 6.07) is 7.60. The van der Waals surface area contributed by atoms with Crippen LogP contribution in [0, 0.1) is 0 Å². The molecule has 1 aromatic carbocycles. The van der Waals surface area contributed by atoms with E-state index in [-0.39, 0.29) is 30.3 Å². The highest BCUT2D eigenvalue weighted by atomic mass is 16.2. The molecule has 1 aliphatic carbocycles. The van der Waals surface area contributed by atoms with Gasteiger partial charge in [-0.2, -0.15) is 0 Å². The van der Waals surface area contributed by atoms with Gasteiger partial charge in [0.25, 0.3) is 11.8 Å². The molecule has 24 heavy (non-hydrogen) atoms. The van der Waals surface area contributed by atoms with Crippen molar-refractivity contribution in [2.45, 2.75) is 37.8 Å². The predicted octanol–water partition coefficient (Wildman–Crippen LogP) is 1.03. The maximum absolute atomic E-state index is 12.3. The molecular weight excluding hydrogens is 306 g/mol. The van der Waals surface area contributed by atoms with Crippen molar-refractivity contribution in [2.75, 3.05) is 19.6 Å². The molecule has 0 radical (unpaired) electrons. The number of fused-ring (bicyclic) bond motifs is 1. The molecule has 126 valence electrons. The monoisotopic (exact) mass is 327 g/mol. The molecule has 0 aromatic heterocycles. The van der Waals surface area contributed by atoms with Crippen molar-refractivity contribution in [2.24, 2.45) is 0 Å². The second-order valence-corrected chi connectivity index (χ2v) is 6.85. The van der Waals surface area contributed by atoms with E-state index in [2.05, 4.69) is 10.2 Å². The molecule has 0 unspecified atom stereocenters. The lowest BCUT2D eigenvalue weighted by Crippen LogP contribution is -2.48. The van der Waals surface area contributed by atoms with E-state index in [0.717, 1.165) is 36.9 Å². The van der Waals surface area contributed by atoms with Crippen LogP contribution in [0.25, 0.3) is 0 Å². The normalized spacial score (nSPS) is 21.9. The van der Waals surface area contributed by atoms with Gasteiger partial charge in [-0.1, -0.05) is 12.1 Å². The second kappa shape index (κ2) is 6.02. The van der Waals surface area contributed by atoms with Crippen LogP contribution in [-0.2, 0) is 4.79 Å². The number of rotatable bonds is 4. The molecule has 4 rings (SSSR count). The standard InChI is InChI=1S/C18H21N3O3/c22-16(19-12-7-9-20(10-8-12)13-5-6-13)11-21-17(23)14-3-1-2-4-15(14)18(21)24/h1-4,12-13H,5-11H2,(H,19,22). The van der Waals surface area contributed by atoms with Crippen molar-refractivity contribution in [3.05, 3.63) is 35.4 Å². The van der Waals surface area contributed by atoms with Crippen molar-refractivity contribution in [1.29, 1.82) is 0 Å². The van der Waals surface area contributed by atoms with Crippen LogP contribution in [0.2, 0.25) is 0 Å². The Labute approximate surface area is 140 Å². The largest absolute Gasteiger partial charge is 0.352 e. The number of carbonyl (C=O) groups is 3. The number of likely N-dealkylation sites (tertiary alicyclic amines) is 1. The van der Waals surface area contributed by atoms with Crippen molar-refractivity contribution in [3.8, 4) is 0 Å². The van der Waals surface area contributed by atoms with Crippen LogP contribution in [-0.4, -0.2) is 59.2 Å². The lowest BCUT2D eigenvalue weighted by Gasteiger charge is -2.32. The van der Waals surface area contributed by atoms with Gasteiger partial charge < -0.3 is 10.2 Å². The van der Waals surface area contributed by atoms with Crippen LogP contribution >= 0.6 is 0 Å². The van der Waals surface area contributed by atoms with Crippen LogP contribution in [0.15, 0.2) is 24.3 Å². The quantitative estimate of drug-likeness (QED) is 0.839. The maximum Gasteiger partial charge on any atom is 0.262 e. The lowest BCUT2D eigenvalue weighted by atomic mass is 10.0. The van der Waals surface area contributed by atoms with Gasteiger partial charge in [-0.25, -0.2) is 0 Å². The second-order valence-electron chi connectivity index (χ2n) is 6.85. The fraction of sp³-hybridized carbons (Fsp3) is 0.500. The van der Waals surface area contributed by atoms with Crippen LogP contribution < -0.4 is 5.32 Å². The molecule has 2 aliphatic heterocycles. The Kier molecular flexibility index (Phi) is 3.84. The van der Waals surface area contributed by atoms with Gasteiger partial charge >= 0.3 is 0 Å². The Morgan fingerprint density at radius 1 is 1.00 bits per heavy atom. The van der Waals surface area contributed by atoms with Gasteiger partial charge in [0, 0.05) is 25.2 Å². The molecule has 0 atom stereocenters. The highest BCUT2D eigenvalue weighted by molar-refractivity contribution is 6.22. The molecular formula is C18H21N3O3. The average molecular weight is 327 g/mol. The first-order valence-corrected chi connectivity index (χ1v) is 8.62. The number of nitrogens with zero attached hydrogens (tertiary/aromatic N) is 2. The highest BCUT2D eigenvalue weighted by Gasteiger charge is 2.37. The van der Waals surface area contributed by atoms with E-state index in [1.165, 1.54) is 12.8 Å². The molecule has 3 aliphatic rings. The van der Waals surface area contributed by atoms with Gasteiger partial charge in [0.1, 0.15) is 6.54 Å². The van der Waals surface area contributed by atoms with Crippen molar-refractivity contribution in [1.82, 2.24) is 15.1 Å². The van der Waals surface area contributed by atoms with Gasteiger partial charge in [0.2, 0.25) is 5.91 Å². The van der Waals surface area contributed by atoms with Crippen LogP contribution in [0.3, 0.4) is 0 Å². The molecule has 2 heterocycles. The Balaban J connectivity index is 1.32. The Hall–Kier alpha value is -2.21. The van der Waals surface area contributed by atoms with E-state index >= 15 is 0 Å². The van der Waals surface area contributed by atoms with Crippen LogP contribution in [0.5, 0.6) is 0 Å². The summed E-state index contributed by atoms with van der Waals surface area (Å²) < 4.78 is 0. The summed E-state index contributed by atoms with van der Waals surface area (Å²) in [6.45, 7) is 1.83. The first-order chi connectivity index (χ1) is 11.6. The van der Waals surface area contributed by atoms with E-state index in [1.807, 2.05) is 0 Å². The highest BCUT2D eigenvalue weighted by Crippen LogP contribution is 2.29. The van der Waals surface area contributed by atoms with Gasteiger partial charge in [0.15, 0.2) is 0 Å². The summed E-state index contributed by atoms with van der Waals surface area (Å²) >= 11 is 0. The first kappa shape index (κ1) is 15.3. The van der Waals surface area contributed by atoms with Gasteiger partial charge in [-0.15, -0.1) is 0 Å². The third kappa shape index (κ3) is 2.82. The zero-order valence-electron chi connectivity index (χ0n) is 13.5. The molecule has 2 fully saturated rings. The topological polar surface area (TPSA) is 69.7 Å². The van der Waals surface area contributed by atoms with Crippen molar-refractivity contribution in [3.63, 3.8) is 0 Å². The molecule has 0 spiro atoms. The number of piperidine rings is 1. The van der Waals surface area contributed by atoms with Gasteiger partial charge in [0.05, 0.1) is 11.1 Å². The maximum atomic E-state index is 12.3. The van der Waals surface area contributed by atoms with E-state index in [0.29, 0.717) is 11.1 Å². The lowest BCUT2D eigenvalue weighted by molar-refractivity contribution is -0.122. The minimum Gasteiger partial charge on any atom is -0.352 e. The number of hydrogen-bond acceptors (Lipinski definition) is 4. The van der Waals surface area contributed by atoms with Gasteiger partial charge in [-0.3, -0.25) is 19.3 Å². The molecule has 1 saturated heterocycles. The smallest absolute Gasteiger partial charge is 0.262 e. The molecule has 1 aromatic rings. The minimum absolute atomic E-state index is 0.141. The average Bonchev–Trinajstić information content (AvgIpc) is 3.41. The van der Waals surface area contributed by atoms with E-state index in [4.69, 9.17) is 0 Å². The predicted molar refractivity (Wildman–Crippen MR) is 87.6 cm³/mol. The number of hydrogen-bond donors (Lipinski definition) is 1. The minimum atomic E-state index is -0.380. The molecule has 6 nitrogen and oxygen atoms in total. The third-order valence-electron chi connectivity index (χ3n) is 5.14. The van der Waals surface area contributed by atoms with Crippen LogP contribution in [0.4, 0.5) is 0 Å². The summed E-state index contributed by atoms with van der Waals surface area (Å²) in [5, 5.41) is 2.98. The van der Waals surface area contributed by atoms with E-state index < -0.39 is 0 Å².